The summed E-state index contributed by atoms with van der Waals surface area (Å²) >= 11 is 0. The lowest BCUT2D eigenvalue weighted by molar-refractivity contribution is 0.282. The molecule has 0 atom stereocenters. The largest absolute Gasteiger partial charge is 0.392 e. The van der Waals surface area contributed by atoms with Crippen molar-refractivity contribution in [3.05, 3.63) is 35.9 Å². The first kappa shape index (κ1) is 9.93. The Kier molecular flexibility index (Phi) is 2.56. The van der Waals surface area contributed by atoms with Gasteiger partial charge in [0, 0.05) is 25.0 Å². The van der Waals surface area contributed by atoms with E-state index in [9.17, 15) is 5.11 Å². The average Bonchev–Trinajstić information content (AvgIpc) is 2.27. The molecule has 0 radical (unpaired) electrons. The molecule has 1 aromatic heterocycles. The molecule has 15 heavy (non-hydrogen) atoms. The minimum absolute atomic E-state index is 0.0192. The van der Waals surface area contributed by atoms with Crippen LogP contribution in [0.25, 0.3) is 10.9 Å². The molecule has 1 aromatic carbocycles. The molecule has 0 fully saturated rings. The van der Waals surface area contributed by atoms with Crippen LogP contribution in [0.5, 0.6) is 0 Å². The third-order valence-corrected chi connectivity index (χ3v) is 2.37. The number of para-hydroxylation sites is 1. The van der Waals surface area contributed by atoms with E-state index in [2.05, 4.69) is 4.98 Å². The summed E-state index contributed by atoms with van der Waals surface area (Å²) in [4.78, 5) is 6.43. The number of pyridine rings is 1. The number of aliphatic hydroxyl groups is 1. The number of aliphatic hydroxyl groups excluding tert-OH is 1. The summed E-state index contributed by atoms with van der Waals surface area (Å²) in [5, 5.41) is 10.3. The molecule has 0 bridgehead atoms. The maximum Gasteiger partial charge on any atom is 0.134 e. The Labute approximate surface area is 89.0 Å². The number of anilines is 1. The summed E-state index contributed by atoms with van der Waals surface area (Å²) in [5.74, 6) is 0.830. The minimum Gasteiger partial charge on any atom is -0.392 e. The molecule has 3 nitrogen and oxygen atoms in total. The molecule has 0 amide bonds. The summed E-state index contributed by atoms with van der Waals surface area (Å²) < 4.78 is 0. The quantitative estimate of drug-likeness (QED) is 0.806. The highest BCUT2D eigenvalue weighted by Gasteiger charge is 2.07. The molecule has 1 N–H and O–H groups in total. The Bertz CT molecular complexity index is 480. The van der Waals surface area contributed by atoms with Crippen LogP contribution in [0.4, 0.5) is 5.82 Å². The zero-order valence-electron chi connectivity index (χ0n) is 8.94. The van der Waals surface area contributed by atoms with E-state index in [1.165, 1.54) is 0 Å². The van der Waals surface area contributed by atoms with E-state index >= 15 is 0 Å². The number of fused-ring (bicyclic) bond motifs is 1. The van der Waals surface area contributed by atoms with E-state index in [0.29, 0.717) is 0 Å². The maximum atomic E-state index is 9.26. The number of benzene rings is 1. The Morgan fingerprint density at radius 2 is 2.00 bits per heavy atom. The van der Waals surface area contributed by atoms with Gasteiger partial charge < -0.3 is 10.0 Å². The van der Waals surface area contributed by atoms with Crippen molar-refractivity contribution in [3.63, 3.8) is 0 Å². The van der Waals surface area contributed by atoms with Crippen LogP contribution in [0.2, 0.25) is 0 Å². The van der Waals surface area contributed by atoms with Gasteiger partial charge in [-0.1, -0.05) is 18.2 Å². The molecular weight excluding hydrogens is 188 g/mol. The highest BCUT2D eigenvalue weighted by atomic mass is 16.3. The van der Waals surface area contributed by atoms with E-state index < -0.39 is 0 Å². The number of nitrogens with zero attached hydrogens (tertiary/aromatic N) is 2. The predicted molar refractivity (Wildman–Crippen MR) is 62.0 cm³/mol. The molecule has 0 aliphatic rings. The summed E-state index contributed by atoms with van der Waals surface area (Å²) in [5.41, 5.74) is 1.82. The molecule has 0 aliphatic carbocycles. The van der Waals surface area contributed by atoms with E-state index in [4.69, 9.17) is 0 Å². The van der Waals surface area contributed by atoms with Crippen LogP contribution in [-0.4, -0.2) is 24.2 Å². The van der Waals surface area contributed by atoms with Crippen LogP contribution in [0.3, 0.4) is 0 Å². The number of rotatable bonds is 2. The first-order chi connectivity index (χ1) is 7.22. The van der Waals surface area contributed by atoms with Crippen molar-refractivity contribution in [1.29, 1.82) is 0 Å². The lowest BCUT2D eigenvalue weighted by atomic mass is 10.1. The highest BCUT2D eigenvalue weighted by Crippen LogP contribution is 2.21. The third-order valence-electron chi connectivity index (χ3n) is 2.37. The van der Waals surface area contributed by atoms with Crippen molar-refractivity contribution in [2.45, 2.75) is 6.61 Å². The van der Waals surface area contributed by atoms with Gasteiger partial charge in [0.1, 0.15) is 5.82 Å². The SMILES string of the molecule is CN(C)c1nc2ccccc2cc1CO. The Balaban J connectivity index is 2.69. The van der Waals surface area contributed by atoms with Gasteiger partial charge in [-0.25, -0.2) is 4.98 Å². The summed E-state index contributed by atoms with van der Waals surface area (Å²) in [6.07, 6.45) is 0. The van der Waals surface area contributed by atoms with Crippen LogP contribution >= 0.6 is 0 Å². The lowest BCUT2D eigenvalue weighted by Gasteiger charge is -2.15. The van der Waals surface area contributed by atoms with Crippen molar-refractivity contribution in [3.8, 4) is 0 Å². The van der Waals surface area contributed by atoms with Crippen molar-refractivity contribution in [2.75, 3.05) is 19.0 Å². The normalized spacial score (nSPS) is 10.6. The second kappa shape index (κ2) is 3.87. The molecule has 0 saturated heterocycles. The standard InChI is InChI=1S/C12H14N2O/c1-14(2)12-10(8-15)7-9-5-3-4-6-11(9)13-12/h3-7,15H,8H2,1-2H3. The number of hydrogen-bond acceptors (Lipinski definition) is 3. The van der Waals surface area contributed by atoms with Gasteiger partial charge in [0.15, 0.2) is 0 Å². The van der Waals surface area contributed by atoms with E-state index in [-0.39, 0.29) is 6.61 Å². The fraction of sp³-hybridized carbons (Fsp3) is 0.250. The molecule has 78 valence electrons. The second-order valence-electron chi connectivity index (χ2n) is 3.72. The van der Waals surface area contributed by atoms with Gasteiger partial charge in [0.2, 0.25) is 0 Å². The predicted octanol–water partition coefficient (Wildman–Crippen LogP) is 1.79. The molecule has 0 saturated carbocycles. The molecule has 0 unspecified atom stereocenters. The first-order valence-corrected chi connectivity index (χ1v) is 4.89. The monoisotopic (exact) mass is 202 g/mol. The lowest BCUT2D eigenvalue weighted by Crippen LogP contribution is -2.13. The molecule has 2 rings (SSSR count). The van der Waals surface area contributed by atoms with Crippen LogP contribution < -0.4 is 4.90 Å². The Morgan fingerprint density at radius 1 is 1.27 bits per heavy atom. The average molecular weight is 202 g/mol. The Hall–Kier alpha value is -1.61. The molecule has 1 heterocycles. The summed E-state index contributed by atoms with van der Waals surface area (Å²) in [7, 11) is 3.85. The van der Waals surface area contributed by atoms with E-state index in [0.717, 1.165) is 22.3 Å². The molecule has 0 aliphatic heterocycles. The van der Waals surface area contributed by atoms with Gasteiger partial charge >= 0.3 is 0 Å². The maximum absolute atomic E-state index is 9.26. The van der Waals surface area contributed by atoms with Crippen LogP contribution in [0, 0.1) is 0 Å². The smallest absolute Gasteiger partial charge is 0.134 e. The zero-order chi connectivity index (χ0) is 10.8. The molecule has 0 spiro atoms. The molecule has 2 aromatic rings. The van der Waals surface area contributed by atoms with Gasteiger partial charge in [-0.05, 0) is 12.1 Å². The highest BCUT2D eigenvalue weighted by molar-refractivity contribution is 5.81. The van der Waals surface area contributed by atoms with Crippen LogP contribution in [0.15, 0.2) is 30.3 Å². The third kappa shape index (κ3) is 1.78. The van der Waals surface area contributed by atoms with Crippen LogP contribution in [-0.2, 0) is 6.61 Å². The minimum atomic E-state index is 0.0192. The fourth-order valence-corrected chi connectivity index (χ4v) is 1.65. The van der Waals surface area contributed by atoms with Crippen molar-refractivity contribution in [2.24, 2.45) is 0 Å². The van der Waals surface area contributed by atoms with Gasteiger partial charge in [-0.15, -0.1) is 0 Å². The topological polar surface area (TPSA) is 36.4 Å². The summed E-state index contributed by atoms with van der Waals surface area (Å²) in [6.45, 7) is 0.0192. The first-order valence-electron chi connectivity index (χ1n) is 4.89. The fourth-order valence-electron chi connectivity index (χ4n) is 1.65. The van der Waals surface area contributed by atoms with Crippen molar-refractivity contribution < 1.29 is 5.11 Å². The zero-order valence-corrected chi connectivity index (χ0v) is 8.94. The van der Waals surface area contributed by atoms with Crippen molar-refractivity contribution in [1.82, 2.24) is 4.98 Å². The van der Waals surface area contributed by atoms with E-state index in [1.54, 1.807) is 0 Å². The molecule has 3 heteroatoms. The Morgan fingerprint density at radius 3 is 2.67 bits per heavy atom. The van der Waals surface area contributed by atoms with Gasteiger partial charge in [-0.2, -0.15) is 0 Å². The van der Waals surface area contributed by atoms with Crippen LogP contribution in [0.1, 0.15) is 5.56 Å². The molecular formula is C12H14N2O. The number of aromatic nitrogens is 1. The number of hydrogen-bond donors (Lipinski definition) is 1. The van der Waals surface area contributed by atoms with Gasteiger partial charge in [-0.3, -0.25) is 0 Å². The summed E-state index contributed by atoms with van der Waals surface area (Å²) in [6, 6.07) is 9.90. The van der Waals surface area contributed by atoms with Gasteiger partial charge in [0.25, 0.3) is 0 Å². The second-order valence-corrected chi connectivity index (χ2v) is 3.72. The van der Waals surface area contributed by atoms with Crippen molar-refractivity contribution >= 4 is 16.7 Å². The van der Waals surface area contributed by atoms with E-state index in [1.807, 2.05) is 49.3 Å². The van der Waals surface area contributed by atoms with Gasteiger partial charge in [0.05, 0.1) is 12.1 Å².